The van der Waals surface area contributed by atoms with E-state index in [1.165, 1.54) is 0 Å². The summed E-state index contributed by atoms with van der Waals surface area (Å²) in [7, 11) is 1.99. The largest absolute Gasteiger partial charge is 0.377 e. The van der Waals surface area contributed by atoms with Crippen molar-refractivity contribution in [2.24, 2.45) is 17.6 Å². The smallest absolute Gasteiger partial charge is 0.329 e. The third-order valence-electron chi connectivity index (χ3n) is 10.2. The lowest BCUT2D eigenvalue weighted by atomic mass is 10.0. The number of nitrogens with two attached hydrogens (primary N) is 1. The van der Waals surface area contributed by atoms with Gasteiger partial charge in [0.15, 0.2) is 0 Å². The van der Waals surface area contributed by atoms with Crippen LogP contribution in [0, 0.1) is 23.2 Å². The monoisotopic (exact) mass is 788 g/mol. The minimum Gasteiger partial charge on any atom is -0.377 e. The lowest BCUT2D eigenvalue weighted by Crippen LogP contribution is -2.50. The molecule has 5 N–H and O–H groups in total. The number of hydroxylamine groups is 1. The van der Waals surface area contributed by atoms with Crippen LogP contribution in [0.5, 0.6) is 0 Å². The second-order valence-corrected chi connectivity index (χ2v) is 14.4. The van der Waals surface area contributed by atoms with Crippen molar-refractivity contribution in [3.63, 3.8) is 0 Å². The number of halogens is 2. The number of aliphatic hydroxyl groups excluding tert-OH is 1. The van der Waals surface area contributed by atoms with Gasteiger partial charge in [0, 0.05) is 69.9 Å². The number of piperazine rings is 1. The molecule has 0 bridgehead atoms. The van der Waals surface area contributed by atoms with Gasteiger partial charge in [-0.25, -0.2) is 5.48 Å². The van der Waals surface area contributed by atoms with Crippen LogP contribution in [-0.4, -0.2) is 143 Å². The summed E-state index contributed by atoms with van der Waals surface area (Å²) in [6.07, 6.45) is 1.47. The molecule has 0 aliphatic carbocycles. The summed E-state index contributed by atoms with van der Waals surface area (Å²) in [5.41, 5.74) is 9.38. The van der Waals surface area contributed by atoms with E-state index in [0.717, 1.165) is 68.3 Å². The number of nitrogens with one attached hydrogen (secondary N) is 2. The zero-order valence-electron chi connectivity index (χ0n) is 32.6. The number of aliphatic hydroxyl groups is 1. The Morgan fingerprint density at radius 2 is 1.80 bits per heavy atom. The topological polar surface area (TPSA) is 186 Å². The molecule has 3 amide bonds. The number of carbonyl (C=O) groups is 3. The molecule has 2 aromatic carbocycles. The highest BCUT2D eigenvalue weighted by Crippen LogP contribution is 2.35. The molecule has 15 nitrogen and oxygen atoms in total. The van der Waals surface area contributed by atoms with Crippen molar-refractivity contribution in [3.05, 3.63) is 42.0 Å². The van der Waals surface area contributed by atoms with Gasteiger partial charge in [0.05, 0.1) is 45.0 Å². The highest BCUT2D eigenvalue weighted by molar-refractivity contribution is 5.89. The molecule has 17 heteroatoms. The van der Waals surface area contributed by atoms with Gasteiger partial charge in [-0.1, -0.05) is 37.6 Å². The van der Waals surface area contributed by atoms with Gasteiger partial charge in [0.1, 0.15) is 12.8 Å². The molecule has 0 spiro atoms. The maximum Gasteiger partial charge on any atom is 0.329 e. The van der Waals surface area contributed by atoms with Crippen LogP contribution < -0.4 is 21.4 Å². The zero-order valence-corrected chi connectivity index (χ0v) is 32.6. The molecule has 310 valence electrons. The first-order valence-corrected chi connectivity index (χ1v) is 19.4. The van der Waals surface area contributed by atoms with Gasteiger partial charge in [-0.15, -0.1) is 0 Å². The quantitative estimate of drug-likeness (QED) is 0.0558. The number of nitriles is 1. The summed E-state index contributed by atoms with van der Waals surface area (Å²) in [4.78, 5) is 49.1. The summed E-state index contributed by atoms with van der Waals surface area (Å²) in [6, 6.07) is 9.76. The fourth-order valence-electron chi connectivity index (χ4n) is 6.75. The molecule has 4 rings (SSSR count). The normalized spacial score (nSPS) is 18.1. The molecule has 2 aliphatic rings. The molecule has 0 saturated carbocycles. The standard InChI is InChI=1S/C39H58F2N8O7/c1-29(7-3-4-12-42)37(52)45-56-22-21-54-19-20-55-28-36(51)48-17-15-47(16-18-48)14-6-13-46(2)32-11-10-31-8-5-9-33(34(31)23-32)38(53)44-26-35(50)49-27-30(25-43)24-39(49,40)41/h5,8-11,23,29-30,38,44,53H,3-4,6-7,12-22,24,26-28,42H2,1-2H3,(H,45,52)/t29-,30+,38?/m0/s1. The first kappa shape index (κ1) is 44.7. The van der Waals surface area contributed by atoms with Crippen molar-refractivity contribution >= 4 is 34.2 Å². The Bertz CT molecular complexity index is 1610. The molecular weight excluding hydrogens is 730 g/mol. The number of carbonyl (C=O) groups excluding carboxylic acids is 3. The minimum absolute atomic E-state index is 0.0112. The molecular formula is C39H58F2N8O7. The van der Waals surface area contributed by atoms with Gasteiger partial charge in [0.25, 0.3) is 0 Å². The number of amides is 3. The number of hydrogen-bond donors (Lipinski definition) is 4. The van der Waals surface area contributed by atoms with Crippen LogP contribution in [-0.2, 0) is 28.7 Å². The molecule has 3 atom stereocenters. The van der Waals surface area contributed by atoms with E-state index >= 15 is 0 Å². The molecule has 2 saturated heterocycles. The maximum absolute atomic E-state index is 14.3. The average Bonchev–Trinajstić information content (AvgIpc) is 3.52. The van der Waals surface area contributed by atoms with E-state index in [2.05, 4.69) is 20.6 Å². The van der Waals surface area contributed by atoms with Crippen LogP contribution in [0.1, 0.15) is 50.8 Å². The van der Waals surface area contributed by atoms with E-state index < -0.39 is 37.1 Å². The number of alkyl halides is 2. The number of hydrogen-bond acceptors (Lipinski definition) is 12. The van der Waals surface area contributed by atoms with Crippen molar-refractivity contribution in [2.75, 3.05) is 104 Å². The summed E-state index contributed by atoms with van der Waals surface area (Å²) < 4.78 is 39.5. The van der Waals surface area contributed by atoms with Gasteiger partial charge in [-0.3, -0.25) is 34.3 Å². The molecule has 56 heavy (non-hydrogen) atoms. The Hall–Kier alpha value is -4.02. The van der Waals surface area contributed by atoms with Gasteiger partial charge < -0.3 is 30.1 Å². The van der Waals surface area contributed by atoms with Crippen LogP contribution in [0.15, 0.2) is 36.4 Å². The number of rotatable bonds is 23. The second kappa shape index (κ2) is 22.7. The van der Waals surface area contributed by atoms with Gasteiger partial charge in [0.2, 0.25) is 17.7 Å². The van der Waals surface area contributed by atoms with Crippen molar-refractivity contribution in [1.29, 1.82) is 5.26 Å². The van der Waals surface area contributed by atoms with Crippen molar-refractivity contribution in [3.8, 4) is 6.07 Å². The third-order valence-corrected chi connectivity index (χ3v) is 10.2. The number of unbranched alkanes of at least 4 members (excludes halogenated alkanes) is 1. The summed E-state index contributed by atoms with van der Waals surface area (Å²) >= 11 is 0. The highest BCUT2D eigenvalue weighted by Gasteiger charge is 2.49. The fraction of sp³-hybridized carbons (Fsp3) is 0.641. The van der Waals surface area contributed by atoms with Crippen molar-refractivity contribution in [1.82, 2.24) is 25.5 Å². The number of nitrogens with zero attached hydrogens (tertiary/aromatic N) is 5. The third kappa shape index (κ3) is 13.6. The maximum atomic E-state index is 14.3. The second-order valence-electron chi connectivity index (χ2n) is 14.4. The zero-order chi connectivity index (χ0) is 40.5. The van der Waals surface area contributed by atoms with Crippen LogP contribution in [0.3, 0.4) is 0 Å². The molecule has 0 aromatic heterocycles. The van der Waals surface area contributed by atoms with Gasteiger partial charge >= 0.3 is 6.05 Å². The molecule has 2 heterocycles. The predicted octanol–water partition coefficient (Wildman–Crippen LogP) is 2.20. The van der Waals surface area contributed by atoms with E-state index in [-0.39, 0.29) is 50.7 Å². The van der Waals surface area contributed by atoms with E-state index in [4.69, 9.17) is 25.3 Å². The highest BCUT2D eigenvalue weighted by atomic mass is 19.3. The number of fused-ring (bicyclic) bond motifs is 1. The first-order chi connectivity index (χ1) is 26.9. The first-order valence-electron chi connectivity index (χ1n) is 19.4. The molecule has 2 aliphatic heterocycles. The van der Waals surface area contributed by atoms with Crippen molar-refractivity contribution in [2.45, 2.75) is 51.3 Å². The Balaban J connectivity index is 1.09. The Morgan fingerprint density at radius 3 is 2.54 bits per heavy atom. The van der Waals surface area contributed by atoms with Gasteiger partial charge in [-0.05, 0) is 55.3 Å². The average molecular weight is 789 g/mol. The van der Waals surface area contributed by atoms with Crippen LogP contribution >= 0.6 is 0 Å². The van der Waals surface area contributed by atoms with E-state index in [1.54, 1.807) is 18.2 Å². The summed E-state index contributed by atoms with van der Waals surface area (Å²) in [5.74, 6) is -2.16. The van der Waals surface area contributed by atoms with Crippen LogP contribution in [0.25, 0.3) is 10.8 Å². The van der Waals surface area contributed by atoms with Crippen molar-refractivity contribution < 1.29 is 42.6 Å². The lowest BCUT2D eigenvalue weighted by molar-refractivity contribution is -0.162. The van der Waals surface area contributed by atoms with Crippen LogP contribution in [0.2, 0.25) is 0 Å². The SMILES string of the molecule is C[C@@H](CCCCN)C(=O)NOCCOCCOCC(=O)N1CCN(CCCN(C)c2ccc3cccc(C(O)NCC(=O)N4C[C@@H](C#N)CC4(F)F)c3c2)CC1. The Kier molecular flexibility index (Phi) is 18.1. The van der Waals surface area contributed by atoms with E-state index in [9.17, 15) is 28.3 Å². The van der Waals surface area contributed by atoms with Gasteiger partial charge in [-0.2, -0.15) is 14.0 Å². The molecule has 1 unspecified atom stereocenters. The van der Waals surface area contributed by atoms with Crippen LogP contribution in [0.4, 0.5) is 14.5 Å². The molecule has 2 fully saturated rings. The number of anilines is 1. The summed E-state index contributed by atoms with van der Waals surface area (Å²) in [6.45, 7) is 7.10. The van der Waals surface area contributed by atoms with E-state index in [1.807, 2.05) is 43.1 Å². The Morgan fingerprint density at radius 1 is 1.05 bits per heavy atom. The number of ether oxygens (including phenoxy) is 2. The summed E-state index contributed by atoms with van der Waals surface area (Å²) in [5, 5.41) is 24.3. The Labute approximate surface area is 327 Å². The predicted molar refractivity (Wildman–Crippen MR) is 206 cm³/mol. The molecule has 2 aromatic rings. The number of likely N-dealkylation sites (tertiary alicyclic amines) is 1. The lowest BCUT2D eigenvalue weighted by Gasteiger charge is -2.35. The minimum atomic E-state index is -3.39. The molecule has 0 radical (unpaired) electrons. The number of benzene rings is 2. The fourth-order valence-corrected chi connectivity index (χ4v) is 6.75. The van der Waals surface area contributed by atoms with E-state index in [0.29, 0.717) is 36.7 Å².